The molecule has 0 amide bonds. The average molecular weight is 394 g/mol. The molecule has 0 aliphatic heterocycles. The monoisotopic (exact) mass is 394 g/mol. The van der Waals surface area contributed by atoms with Gasteiger partial charge in [0.15, 0.2) is 11.5 Å². The molecule has 0 bridgehead atoms. The first kappa shape index (κ1) is 19.3. The Balaban J connectivity index is 1.67. The van der Waals surface area contributed by atoms with Gasteiger partial charge in [-0.1, -0.05) is 0 Å². The molecular weight excluding hydrogens is 368 g/mol. The fourth-order valence-electron chi connectivity index (χ4n) is 3.64. The van der Waals surface area contributed by atoms with E-state index in [4.69, 9.17) is 14.5 Å². The molecule has 1 aliphatic carbocycles. The molecule has 2 N–H and O–H groups in total. The number of aryl methyl sites for hydroxylation is 2. The molecule has 1 aromatic carbocycles. The summed E-state index contributed by atoms with van der Waals surface area (Å²) in [6.07, 6.45) is 8.22. The van der Waals surface area contributed by atoms with Crippen LogP contribution in [0.1, 0.15) is 41.0 Å². The summed E-state index contributed by atoms with van der Waals surface area (Å²) in [6, 6.07) is 3.83. The van der Waals surface area contributed by atoms with Gasteiger partial charge in [0.05, 0.1) is 20.8 Å². The van der Waals surface area contributed by atoms with E-state index in [1.54, 1.807) is 20.4 Å². The molecule has 1 saturated carbocycles. The van der Waals surface area contributed by atoms with Gasteiger partial charge in [0.25, 0.3) is 0 Å². The number of hydrogen-bond donors (Lipinski definition) is 2. The Morgan fingerprint density at radius 1 is 1.14 bits per heavy atom. The first-order chi connectivity index (χ1) is 14.0. The third-order valence-electron chi connectivity index (χ3n) is 5.24. The highest BCUT2D eigenvalue weighted by atomic mass is 16.5. The normalized spacial score (nSPS) is 13.4. The molecule has 29 heavy (non-hydrogen) atoms. The zero-order valence-electron chi connectivity index (χ0n) is 17.2. The number of methoxy groups -OCH3 is 2. The number of aliphatic hydroxyl groups is 1. The molecule has 0 spiro atoms. The Bertz CT molecular complexity index is 1040. The van der Waals surface area contributed by atoms with Crippen LogP contribution in [-0.4, -0.2) is 33.9 Å². The lowest BCUT2D eigenvalue weighted by Crippen LogP contribution is -2.05. The predicted molar refractivity (Wildman–Crippen MR) is 112 cm³/mol. The topological polar surface area (TPSA) is 81.4 Å². The smallest absolute Gasteiger partial charge is 0.229 e. The number of nitrogens with zero attached hydrogens (tertiary/aromatic N) is 3. The van der Waals surface area contributed by atoms with Crippen LogP contribution in [0.3, 0.4) is 0 Å². The second kappa shape index (κ2) is 7.75. The maximum absolute atomic E-state index is 9.71. The highest BCUT2D eigenvalue weighted by molar-refractivity contribution is 5.63. The summed E-state index contributed by atoms with van der Waals surface area (Å²) in [5.41, 5.74) is 4.91. The van der Waals surface area contributed by atoms with E-state index in [2.05, 4.69) is 16.5 Å². The van der Waals surface area contributed by atoms with Gasteiger partial charge >= 0.3 is 0 Å². The van der Waals surface area contributed by atoms with E-state index in [-0.39, 0.29) is 6.61 Å². The number of hydrogen-bond acceptors (Lipinski definition) is 6. The van der Waals surface area contributed by atoms with Gasteiger partial charge < -0.3 is 24.5 Å². The van der Waals surface area contributed by atoms with Crippen LogP contribution in [0.4, 0.5) is 11.6 Å². The quantitative estimate of drug-likeness (QED) is 0.630. The van der Waals surface area contributed by atoms with E-state index < -0.39 is 0 Å². The van der Waals surface area contributed by atoms with Crippen LogP contribution in [0.15, 0.2) is 30.7 Å². The third kappa shape index (κ3) is 3.78. The van der Waals surface area contributed by atoms with Crippen LogP contribution in [0, 0.1) is 13.8 Å². The standard InChI is InChI=1S/C22H26N4O3/c1-13-7-17(8-19(28-3)20(13)29-4)24-22-23-9-14(2)21(25-22)26-10-16(12-27)18(11-26)15-5-6-15/h7-11,15,27H,5-6,12H2,1-4H3,(H,23,24,25). The van der Waals surface area contributed by atoms with Crippen LogP contribution < -0.4 is 14.8 Å². The summed E-state index contributed by atoms with van der Waals surface area (Å²) in [5.74, 6) is 3.20. The van der Waals surface area contributed by atoms with E-state index >= 15 is 0 Å². The van der Waals surface area contributed by atoms with Gasteiger partial charge in [-0.25, -0.2) is 4.98 Å². The number of benzene rings is 1. The number of ether oxygens (including phenoxy) is 2. The van der Waals surface area contributed by atoms with E-state index in [0.29, 0.717) is 23.4 Å². The number of aliphatic hydroxyl groups excluding tert-OH is 1. The molecule has 4 rings (SSSR count). The van der Waals surface area contributed by atoms with Crippen molar-refractivity contribution in [3.8, 4) is 17.3 Å². The maximum Gasteiger partial charge on any atom is 0.229 e. The van der Waals surface area contributed by atoms with Crippen LogP contribution in [-0.2, 0) is 6.61 Å². The highest BCUT2D eigenvalue weighted by Crippen LogP contribution is 2.42. The Labute approximate surface area is 170 Å². The predicted octanol–water partition coefficient (Wildman–Crippen LogP) is 4.01. The third-order valence-corrected chi connectivity index (χ3v) is 5.24. The molecule has 7 heteroatoms. The van der Waals surface area contributed by atoms with Gasteiger partial charge in [-0.05, 0) is 55.4 Å². The van der Waals surface area contributed by atoms with Crippen molar-refractivity contribution in [2.24, 2.45) is 0 Å². The number of nitrogens with one attached hydrogen (secondary N) is 1. The molecule has 152 valence electrons. The SMILES string of the molecule is COc1cc(Nc2ncc(C)c(-n3cc(CO)c(C4CC4)c3)n2)cc(C)c1OC. The van der Waals surface area contributed by atoms with E-state index in [0.717, 1.165) is 28.2 Å². The summed E-state index contributed by atoms with van der Waals surface area (Å²) in [5, 5.41) is 13.0. The molecule has 7 nitrogen and oxygen atoms in total. The van der Waals surface area contributed by atoms with Gasteiger partial charge in [-0.3, -0.25) is 0 Å². The van der Waals surface area contributed by atoms with Gasteiger partial charge in [0.1, 0.15) is 5.82 Å². The fourth-order valence-corrected chi connectivity index (χ4v) is 3.64. The fraction of sp³-hybridized carbons (Fsp3) is 0.364. The lowest BCUT2D eigenvalue weighted by Gasteiger charge is -2.14. The summed E-state index contributed by atoms with van der Waals surface area (Å²) in [7, 11) is 3.24. The molecule has 1 fully saturated rings. The average Bonchev–Trinajstić information content (AvgIpc) is 3.47. The van der Waals surface area contributed by atoms with Crippen LogP contribution in [0.2, 0.25) is 0 Å². The summed E-state index contributed by atoms with van der Waals surface area (Å²) < 4.78 is 12.8. The second-order valence-corrected chi connectivity index (χ2v) is 7.43. The first-order valence-electron chi connectivity index (χ1n) is 9.69. The number of anilines is 2. The largest absolute Gasteiger partial charge is 0.493 e. The van der Waals surface area contributed by atoms with Crippen molar-refractivity contribution >= 4 is 11.6 Å². The molecule has 0 radical (unpaired) electrons. The molecule has 1 aliphatic rings. The first-order valence-corrected chi connectivity index (χ1v) is 9.69. The lowest BCUT2D eigenvalue weighted by atomic mass is 10.1. The summed E-state index contributed by atoms with van der Waals surface area (Å²) in [4.78, 5) is 9.15. The van der Waals surface area contributed by atoms with E-state index in [9.17, 15) is 5.11 Å². The summed E-state index contributed by atoms with van der Waals surface area (Å²) in [6.45, 7) is 3.98. The maximum atomic E-state index is 9.71. The van der Waals surface area contributed by atoms with Crippen molar-refractivity contribution in [3.63, 3.8) is 0 Å². The Hall–Kier alpha value is -3.06. The van der Waals surface area contributed by atoms with E-state index in [1.807, 2.05) is 36.7 Å². The van der Waals surface area contributed by atoms with Crippen molar-refractivity contribution in [1.29, 1.82) is 0 Å². The molecular formula is C22H26N4O3. The molecule has 0 unspecified atom stereocenters. The molecule has 0 saturated heterocycles. The summed E-state index contributed by atoms with van der Waals surface area (Å²) >= 11 is 0. The van der Waals surface area contributed by atoms with Crippen LogP contribution in [0.5, 0.6) is 11.5 Å². The van der Waals surface area contributed by atoms with Gasteiger partial charge in [0.2, 0.25) is 5.95 Å². The zero-order valence-corrected chi connectivity index (χ0v) is 17.2. The molecule has 0 atom stereocenters. The zero-order chi connectivity index (χ0) is 20.5. The number of rotatable bonds is 7. The molecule has 2 aromatic heterocycles. The van der Waals surface area contributed by atoms with Crippen molar-refractivity contribution in [2.75, 3.05) is 19.5 Å². The Morgan fingerprint density at radius 3 is 2.59 bits per heavy atom. The van der Waals surface area contributed by atoms with Crippen molar-refractivity contribution < 1.29 is 14.6 Å². The van der Waals surface area contributed by atoms with Crippen LogP contribution in [0.25, 0.3) is 5.82 Å². The molecule has 2 heterocycles. The molecule has 3 aromatic rings. The minimum Gasteiger partial charge on any atom is -0.493 e. The van der Waals surface area contributed by atoms with Crippen molar-refractivity contribution in [3.05, 3.63) is 53.0 Å². The highest BCUT2D eigenvalue weighted by Gasteiger charge is 2.27. The van der Waals surface area contributed by atoms with Gasteiger partial charge in [-0.15, -0.1) is 0 Å². The Kier molecular flexibility index (Phi) is 5.15. The van der Waals surface area contributed by atoms with Crippen molar-refractivity contribution in [1.82, 2.24) is 14.5 Å². The Morgan fingerprint density at radius 2 is 1.93 bits per heavy atom. The number of aromatic nitrogens is 3. The lowest BCUT2D eigenvalue weighted by molar-refractivity contribution is 0.281. The minimum atomic E-state index is 0.0407. The van der Waals surface area contributed by atoms with Crippen LogP contribution >= 0.6 is 0 Å². The second-order valence-electron chi connectivity index (χ2n) is 7.43. The van der Waals surface area contributed by atoms with Gasteiger partial charge in [0, 0.05) is 35.9 Å². The van der Waals surface area contributed by atoms with E-state index in [1.165, 1.54) is 18.4 Å². The van der Waals surface area contributed by atoms with Gasteiger partial charge in [-0.2, -0.15) is 4.98 Å². The van der Waals surface area contributed by atoms with Crippen molar-refractivity contribution in [2.45, 2.75) is 39.2 Å². The minimum absolute atomic E-state index is 0.0407.